The summed E-state index contributed by atoms with van der Waals surface area (Å²) in [5.74, 6) is 0.876. The molecular weight excluding hydrogens is 190 g/mol. The molecule has 0 unspecified atom stereocenters. The summed E-state index contributed by atoms with van der Waals surface area (Å²) in [5.41, 5.74) is 2.28. The third-order valence-corrected chi connectivity index (χ3v) is 2.28. The quantitative estimate of drug-likeness (QED) is 0.778. The lowest BCUT2D eigenvalue weighted by Crippen LogP contribution is -2.03. The van der Waals surface area contributed by atoms with Gasteiger partial charge in [0.2, 0.25) is 0 Å². The summed E-state index contributed by atoms with van der Waals surface area (Å²) >= 11 is 0. The maximum absolute atomic E-state index is 5.52. The van der Waals surface area contributed by atoms with Crippen molar-refractivity contribution in [2.75, 3.05) is 20.3 Å². The molecule has 15 heavy (non-hydrogen) atoms. The van der Waals surface area contributed by atoms with Crippen LogP contribution in [-0.4, -0.2) is 25.3 Å². The minimum atomic E-state index is 0.585. The van der Waals surface area contributed by atoms with Crippen molar-refractivity contribution in [3.63, 3.8) is 0 Å². The number of hydrogen-bond donors (Lipinski definition) is 1. The molecule has 0 fully saturated rings. The second kappa shape index (κ2) is 4.36. The van der Waals surface area contributed by atoms with Crippen molar-refractivity contribution >= 4 is 10.9 Å². The van der Waals surface area contributed by atoms with Crippen LogP contribution in [0, 0.1) is 6.92 Å². The first-order valence-electron chi connectivity index (χ1n) is 5.01. The van der Waals surface area contributed by atoms with Gasteiger partial charge in [-0.25, -0.2) is 0 Å². The molecule has 0 spiro atoms. The van der Waals surface area contributed by atoms with Gasteiger partial charge < -0.3 is 14.5 Å². The highest BCUT2D eigenvalue weighted by Gasteiger charge is 1.99. The van der Waals surface area contributed by atoms with Crippen molar-refractivity contribution in [2.24, 2.45) is 0 Å². The molecule has 1 heterocycles. The molecule has 80 valence electrons. The van der Waals surface area contributed by atoms with Gasteiger partial charge >= 0.3 is 0 Å². The van der Waals surface area contributed by atoms with Crippen LogP contribution in [0.5, 0.6) is 5.75 Å². The van der Waals surface area contributed by atoms with E-state index in [-0.39, 0.29) is 0 Å². The Hall–Kier alpha value is -1.48. The molecule has 1 aromatic heterocycles. The molecule has 3 heteroatoms. The van der Waals surface area contributed by atoms with E-state index in [2.05, 4.69) is 17.1 Å². The summed E-state index contributed by atoms with van der Waals surface area (Å²) in [6, 6.07) is 8.17. The van der Waals surface area contributed by atoms with Gasteiger partial charge in [-0.3, -0.25) is 0 Å². The molecule has 0 saturated carbocycles. The van der Waals surface area contributed by atoms with E-state index in [1.165, 1.54) is 11.1 Å². The van der Waals surface area contributed by atoms with Gasteiger partial charge in [0.05, 0.1) is 6.61 Å². The van der Waals surface area contributed by atoms with Crippen molar-refractivity contribution in [1.82, 2.24) is 4.98 Å². The molecule has 0 atom stereocenters. The zero-order chi connectivity index (χ0) is 10.7. The number of H-pyrrole nitrogens is 1. The molecule has 2 rings (SSSR count). The zero-order valence-electron chi connectivity index (χ0n) is 9.04. The lowest BCUT2D eigenvalue weighted by Gasteiger charge is -2.04. The minimum Gasteiger partial charge on any atom is -0.491 e. The van der Waals surface area contributed by atoms with Gasteiger partial charge in [0, 0.05) is 24.4 Å². The van der Waals surface area contributed by atoms with Gasteiger partial charge in [-0.1, -0.05) is 0 Å². The Labute approximate surface area is 89.0 Å². The highest BCUT2D eigenvalue weighted by Crippen LogP contribution is 2.20. The van der Waals surface area contributed by atoms with Gasteiger partial charge in [-0.15, -0.1) is 0 Å². The number of nitrogens with one attached hydrogen (secondary N) is 1. The first-order chi connectivity index (χ1) is 7.29. The lowest BCUT2D eigenvalue weighted by molar-refractivity contribution is 0.146. The maximum Gasteiger partial charge on any atom is 0.121 e. The molecule has 1 aromatic carbocycles. The number of hydrogen-bond acceptors (Lipinski definition) is 2. The largest absolute Gasteiger partial charge is 0.491 e. The van der Waals surface area contributed by atoms with E-state index in [1.807, 2.05) is 19.1 Å². The standard InChI is InChI=1S/C12H15NO2/c1-9-7-10-3-4-11(8-12(10)13-9)15-6-5-14-2/h3-4,7-8,13H,5-6H2,1-2H3. The van der Waals surface area contributed by atoms with Crippen molar-refractivity contribution in [1.29, 1.82) is 0 Å². The topological polar surface area (TPSA) is 34.2 Å². The summed E-state index contributed by atoms with van der Waals surface area (Å²) in [6.45, 7) is 3.24. The first-order valence-corrected chi connectivity index (χ1v) is 5.01. The molecule has 0 aliphatic heterocycles. The van der Waals surface area contributed by atoms with E-state index in [9.17, 15) is 0 Å². The monoisotopic (exact) mass is 205 g/mol. The van der Waals surface area contributed by atoms with Crippen LogP contribution >= 0.6 is 0 Å². The Balaban J connectivity index is 2.15. The van der Waals surface area contributed by atoms with Crippen LogP contribution in [0.3, 0.4) is 0 Å². The molecule has 0 aliphatic carbocycles. The van der Waals surface area contributed by atoms with Crippen LogP contribution < -0.4 is 4.74 Å². The average Bonchev–Trinajstić information content (AvgIpc) is 2.57. The Kier molecular flexibility index (Phi) is 2.92. The molecule has 0 saturated heterocycles. The number of aromatic amines is 1. The maximum atomic E-state index is 5.52. The van der Waals surface area contributed by atoms with Gasteiger partial charge in [-0.2, -0.15) is 0 Å². The molecule has 2 aromatic rings. The summed E-state index contributed by atoms with van der Waals surface area (Å²) in [5, 5.41) is 1.21. The van der Waals surface area contributed by atoms with Crippen LogP contribution in [0.2, 0.25) is 0 Å². The Morgan fingerprint density at radius 2 is 2.07 bits per heavy atom. The zero-order valence-corrected chi connectivity index (χ0v) is 9.04. The number of aryl methyl sites for hydroxylation is 1. The fourth-order valence-corrected chi connectivity index (χ4v) is 1.58. The van der Waals surface area contributed by atoms with Gasteiger partial charge in [0.25, 0.3) is 0 Å². The van der Waals surface area contributed by atoms with E-state index in [0.717, 1.165) is 11.3 Å². The van der Waals surface area contributed by atoms with Crippen LogP contribution in [0.1, 0.15) is 5.69 Å². The molecule has 0 bridgehead atoms. The third kappa shape index (κ3) is 2.30. The van der Waals surface area contributed by atoms with E-state index in [4.69, 9.17) is 9.47 Å². The van der Waals surface area contributed by atoms with Crippen LogP contribution in [0.25, 0.3) is 10.9 Å². The predicted molar refractivity (Wildman–Crippen MR) is 60.4 cm³/mol. The number of benzene rings is 1. The third-order valence-electron chi connectivity index (χ3n) is 2.28. The SMILES string of the molecule is COCCOc1ccc2cc(C)[nH]c2c1. The molecule has 3 nitrogen and oxygen atoms in total. The van der Waals surface area contributed by atoms with Gasteiger partial charge in [0.1, 0.15) is 12.4 Å². The van der Waals surface area contributed by atoms with Crippen LogP contribution in [0.15, 0.2) is 24.3 Å². The predicted octanol–water partition coefficient (Wildman–Crippen LogP) is 2.50. The molecular formula is C12H15NO2. The van der Waals surface area contributed by atoms with E-state index in [1.54, 1.807) is 7.11 Å². The highest BCUT2D eigenvalue weighted by molar-refractivity contribution is 5.81. The second-order valence-corrected chi connectivity index (χ2v) is 3.54. The number of methoxy groups -OCH3 is 1. The normalized spacial score (nSPS) is 10.8. The summed E-state index contributed by atoms with van der Waals surface area (Å²) in [7, 11) is 1.67. The minimum absolute atomic E-state index is 0.585. The summed E-state index contributed by atoms with van der Waals surface area (Å²) < 4.78 is 10.4. The van der Waals surface area contributed by atoms with Crippen molar-refractivity contribution in [2.45, 2.75) is 6.92 Å². The molecule has 0 aliphatic rings. The van der Waals surface area contributed by atoms with Gasteiger partial charge in [-0.05, 0) is 30.5 Å². The van der Waals surface area contributed by atoms with E-state index in [0.29, 0.717) is 13.2 Å². The fraction of sp³-hybridized carbons (Fsp3) is 0.333. The number of aromatic nitrogens is 1. The molecule has 1 N–H and O–H groups in total. The number of ether oxygens (including phenoxy) is 2. The smallest absolute Gasteiger partial charge is 0.121 e. The number of fused-ring (bicyclic) bond motifs is 1. The molecule has 0 amide bonds. The molecule has 0 radical (unpaired) electrons. The highest BCUT2D eigenvalue weighted by atomic mass is 16.5. The fourth-order valence-electron chi connectivity index (χ4n) is 1.58. The first kappa shape index (κ1) is 10.1. The van der Waals surface area contributed by atoms with Crippen molar-refractivity contribution in [3.8, 4) is 5.75 Å². The number of rotatable bonds is 4. The lowest BCUT2D eigenvalue weighted by atomic mass is 10.2. The second-order valence-electron chi connectivity index (χ2n) is 3.54. The van der Waals surface area contributed by atoms with Crippen molar-refractivity contribution < 1.29 is 9.47 Å². The van der Waals surface area contributed by atoms with Gasteiger partial charge in [0.15, 0.2) is 0 Å². The van der Waals surface area contributed by atoms with E-state index >= 15 is 0 Å². The van der Waals surface area contributed by atoms with Crippen LogP contribution in [-0.2, 0) is 4.74 Å². The summed E-state index contributed by atoms with van der Waals surface area (Å²) in [4.78, 5) is 3.28. The average molecular weight is 205 g/mol. The Bertz CT molecular complexity index is 448. The Morgan fingerprint density at radius 1 is 1.20 bits per heavy atom. The van der Waals surface area contributed by atoms with Crippen molar-refractivity contribution in [3.05, 3.63) is 30.0 Å². The summed E-state index contributed by atoms with van der Waals surface area (Å²) in [6.07, 6.45) is 0. The van der Waals surface area contributed by atoms with E-state index < -0.39 is 0 Å². The van der Waals surface area contributed by atoms with Crippen LogP contribution in [0.4, 0.5) is 0 Å². The Morgan fingerprint density at radius 3 is 2.87 bits per heavy atom.